The van der Waals surface area contributed by atoms with E-state index in [4.69, 9.17) is 0 Å². The van der Waals surface area contributed by atoms with Gasteiger partial charge in [-0.1, -0.05) is 18.2 Å². The first-order chi connectivity index (χ1) is 9.19. The van der Waals surface area contributed by atoms with E-state index in [0.29, 0.717) is 11.8 Å². The summed E-state index contributed by atoms with van der Waals surface area (Å²) < 4.78 is 1.22. The normalized spacial score (nSPS) is 10.8. The lowest BCUT2D eigenvalue weighted by molar-refractivity contribution is 0.112. The number of aryl methyl sites for hydroxylation is 1. The van der Waals surface area contributed by atoms with Crippen molar-refractivity contribution in [3.63, 3.8) is 0 Å². The number of hydrogen-bond donors (Lipinski definition) is 1. The van der Waals surface area contributed by atoms with Crippen molar-refractivity contribution < 1.29 is 9.90 Å². The summed E-state index contributed by atoms with van der Waals surface area (Å²) in [6.07, 6.45) is 0.694. The van der Waals surface area contributed by atoms with Crippen LogP contribution in [0.1, 0.15) is 15.9 Å². The highest BCUT2D eigenvalue weighted by Gasteiger charge is 2.10. The zero-order valence-corrected chi connectivity index (χ0v) is 11.2. The van der Waals surface area contributed by atoms with Crippen LogP contribution in [-0.4, -0.2) is 11.4 Å². The smallest absolute Gasteiger partial charge is 0.153 e. The van der Waals surface area contributed by atoms with Gasteiger partial charge in [0.05, 0.1) is 5.56 Å². The third kappa shape index (κ3) is 2.02. The summed E-state index contributed by atoms with van der Waals surface area (Å²) in [6, 6.07) is 13.9. The Bertz CT molecular complexity index is 739. The number of aldehydes is 1. The topological polar surface area (TPSA) is 37.3 Å². The molecule has 0 saturated carbocycles. The molecule has 0 spiro atoms. The lowest BCUT2D eigenvalue weighted by atomic mass is 10.0. The van der Waals surface area contributed by atoms with Crippen LogP contribution < -0.4 is 0 Å². The number of phenolic OH excluding ortho intramolecular Hbond substituents is 1. The van der Waals surface area contributed by atoms with Crippen LogP contribution in [0, 0.1) is 6.92 Å². The molecule has 0 atom stereocenters. The number of carbonyl (C=O) groups excluding carboxylic acids is 1. The van der Waals surface area contributed by atoms with Gasteiger partial charge in [0.15, 0.2) is 6.29 Å². The maximum atomic E-state index is 11.0. The molecule has 2 aromatic carbocycles. The standard InChI is InChI=1S/C16H12O2S/c1-10-6-12(7-13(9-17)16(10)18)15-8-11-4-2-3-5-14(11)19-15/h2-9,18H,1H3. The summed E-state index contributed by atoms with van der Waals surface area (Å²) in [5, 5.41) is 11.0. The first-order valence-electron chi connectivity index (χ1n) is 5.97. The number of benzene rings is 2. The van der Waals surface area contributed by atoms with Crippen molar-refractivity contribution in [1.29, 1.82) is 0 Å². The van der Waals surface area contributed by atoms with E-state index >= 15 is 0 Å². The van der Waals surface area contributed by atoms with Crippen LogP contribution in [0.3, 0.4) is 0 Å². The molecule has 0 radical (unpaired) electrons. The summed E-state index contributed by atoms with van der Waals surface area (Å²) >= 11 is 1.69. The molecular formula is C16H12O2S. The Labute approximate surface area is 114 Å². The number of carbonyl (C=O) groups is 1. The Morgan fingerprint density at radius 2 is 1.95 bits per heavy atom. The van der Waals surface area contributed by atoms with Gasteiger partial charge in [-0.05, 0) is 47.7 Å². The van der Waals surface area contributed by atoms with Gasteiger partial charge in [-0.2, -0.15) is 0 Å². The van der Waals surface area contributed by atoms with E-state index < -0.39 is 0 Å². The second kappa shape index (κ2) is 4.52. The summed E-state index contributed by atoms with van der Waals surface area (Å²) in [7, 11) is 0. The van der Waals surface area contributed by atoms with Gasteiger partial charge in [0.1, 0.15) is 5.75 Å². The van der Waals surface area contributed by atoms with E-state index in [0.717, 1.165) is 16.0 Å². The Hall–Kier alpha value is -2.13. The van der Waals surface area contributed by atoms with Crippen LogP contribution in [0.5, 0.6) is 5.75 Å². The highest BCUT2D eigenvalue weighted by Crippen LogP contribution is 2.36. The van der Waals surface area contributed by atoms with Crippen LogP contribution in [0.4, 0.5) is 0 Å². The molecule has 3 rings (SSSR count). The fourth-order valence-electron chi connectivity index (χ4n) is 2.16. The van der Waals surface area contributed by atoms with Crippen LogP contribution in [0.15, 0.2) is 42.5 Å². The van der Waals surface area contributed by atoms with Crippen molar-refractivity contribution in [1.82, 2.24) is 0 Å². The van der Waals surface area contributed by atoms with Gasteiger partial charge in [-0.15, -0.1) is 11.3 Å². The maximum absolute atomic E-state index is 11.0. The van der Waals surface area contributed by atoms with Gasteiger partial charge < -0.3 is 5.11 Å². The molecule has 0 fully saturated rings. The average Bonchev–Trinajstić information content (AvgIpc) is 2.85. The van der Waals surface area contributed by atoms with Gasteiger partial charge in [-0.3, -0.25) is 4.79 Å². The molecule has 1 aromatic heterocycles. The van der Waals surface area contributed by atoms with Crippen LogP contribution >= 0.6 is 11.3 Å². The first kappa shape index (κ1) is 11.9. The molecule has 0 aliphatic carbocycles. The van der Waals surface area contributed by atoms with Gasteiger partial charge in [-0.25, -0.2) is 0 Å². The predicted molar refractivity (Wildman–Crippen MR) is 79.1 cm³/mol. The minimum atomic E-state index is 0.0693. The molecular weight excluding hydrogens is 256 g/mol. The zero-order chi connectivity index (χ0) is 13.4. The van der Waals surface area contributed by atoms with E-state index in [1.807, 2.05) is 18.2 Å². The average molecular weight is 268 g/mol. The van der Waals surface area contributed by atoms with Crippen molar-refractivity contribution in [2.24, 2.45) is 0 Å². The monoisotopic (exact) mass is 268 g/mol. The molecule has 94 valence electrons. The molecule has 0 unspecified atom stereocenters. The van der Waals surface area contributed by atoms with Crippen molar-refractivity contribution in [2.45, 2.75) is 6.92 Å². The van der Waals surface area contributed by atoms with E-state index in [9.17, 15) is 9.90 Å². The quantitative estimate of drug-likeness (QED) is 0.700. The number of thiophene rings is 1. The molecule has 0 amide bonds. The molecule has 0 aliphatic heterocycles. The minimum absolute atomic E-state index is 0.0693. The molecule has 1 heterocycles. The number of hydrogen-bond acceptors (Lipinski definition) is 3. The fourth-order valence-corrected chi connectivity index (χ4v) is 3.21. The Morgan fingerprint density at radius 3 is 2.68 bits per heavy atom. The number of fused-ring (bicyclic) bond motifs is 1. The van der Waals surface area contributed by atoms with Crippen molar-refractivity contribution in [2.75, 3.05) is 0 Å². The molecule has 0 bridgehead atoms. The van der Waals surface area contributed by atoms with Gasteiger partial charge in [0.25, 0.3) is 0 Å². The predicted octanol–water partition coefficient (Wildman–Crippen LogP) is 4.39. The maximum Gasteiger partial charge on any atom is 0.153 e. The largest absolute Gasteiger partial charge is 0.507 e. The van der Waals surface area contributed by atoms with Gasteiger partial charge in [0, 0.05) is 9.58 Å². The van der Waals surface area contributed by atoms with Crippen molar-refractivity contribution in [3.05, 3.63) is 53.6 Å². The third-order valence-corrected chi connectivity index (χ3v) is 4.33. The summed E-state index contributed by atoms with van der Waals surface area (Å²) in [5.74, 6) is 0.0693. The minimum Gasteiger partial charge on any atom is -0.507 e. The molecule has 0 aliphatic rings. The highest BCUT2D eigenvalue weighted by molar-refractivity contribution is 7.22. The Balaban J connectivity index is 2.21. The molecule has 1 N–H and O–H groups in total. The first-order valence-corrected chi connectivity index (χ1v) is 6.78. The zero-order valence-electron chi connectivity index (χ0n) is 10.4. The summed E-state index contributed by atoms with van der Waals surface area (Å²) in [6.45, 7) is 1.80. The fraction of sp³-hybridized carbons (Fsp3) is 0.0625. The van der Waals surface area contributed by atoms with Crippen LogP contribution in [0.25, 0.3) is 20.5 Å². The van der Waals surface area contributed by atoms with Gasteiger partial charge in [0.2, 0.25) is 0 Å². The molecule has 0 saturated heterocycles. The molecule has 3 heteroatoms. The molecule has 3 aromatic rings. The lowest BCUT2D eigenvalue weighted by Gasteiger charge is -2.05. The van der Waals surface area contributed by atoms with Crippen molar-refractivity contribution >= 4 is 27.7 Å². The third-order valence-electron chi connectivity index (χ3n) is 3.17. The number of aromatic hydroxyl groups is 1. The van der Waals surface area contributed by atoms with Crippen LogP contribution in [-0.2, 0) is 0 Å². The van der Waals surface area contributed by atoms with E-state index in [1.54, 1.807) is 24.3 Å². The lowest BCUT2D eigenvalue weighted by Crippen LogP contribution is -1.86. The van der Waals surface area contributed by atoms with Crippen molar-refractivity contribution in [3.8, 4) is 16.2 Å². The van der Waals surface area contributed by atoms with E-state index in [2.05, 4.69) is 18.2 Å². The highest BCUT2D eigenvalue weighted by atomic mass is 32.1. The van der Waals surface area contributed by atoms with Gasteiger partial charge >= 0.3 is 0 Å². The summed E-state index contributed by atoms with van der Waals surface area (Å²) in [4.78, 5) is 12.1. The van der Waals surface area contributed by atoms with Crippen LogP contribution in [0.2, 0.25) is 0 Å². The number of phenols is 1. The Morgan fingerprint density at radius 1 is 1.16 bits per heavy atom. The molecule has 19 heavy (non-hydrogen) atoms. The van der Waals surface area contributed by atoms with E-state index in [1.165, 1.54) is 10.1 Å². The second-order valence-electron chi connectivity index (χ2n) is 4.50. The second-order valence-corrected chi connectivity index (χ2v) is 5.58. The SMILES string of the molecule is Cc1cc(-c2cc3ccccc3s2)cc(C=O)c1O. The number of rotatable bonds is 2. The van der Waals surface area contributed by atoms with E-state index in [-0.39, 0.29) is 5.75 Å². The molecule has 2 nitrogen and oxygen atoms in total. The Kier molecular flexibility index (Phi) is 2.84. The summed E-state index contributed by atoms with van der Waals surface area (Å²) in [5.41, 5.74) is 2.03.